The number of carbonyl (C=O) groups is 1. The lowest BCUT2D eigenvalue weighted by Crippen LogP contribution is -2.31. The van der Waals surface area contributed by atoms with Crippen molar-refractivity contribution in [2.45, 2.75) is 25.8 Å². The van der Waals surface area contributed by atoms with Crippen LogP contribution in [0.1, 0.15) is 30.1 Å². The molecule has 2 rings (SSSR count). The molecule has 0 aromatic heterocycles. The summed E-state index contributed by atoms with van der Waals surface area (Å²) in [5.41, 5.74) is 7.73. The Balaban J connectivity index is 2.38. The van der Waals surface area contributed by atoms with Crippen LogP contribution in [-0.2, 0) is 4.74 Å². The lowest BCUT2D eigenvalue weighted by atomic mass is 10.1. The lowest BCUT2D eigenvalue weighted by Gasteiger charge is -2.27. The molecule has 0 amide bonds. The average molecular weight is 264 g/mol. The van der Waals surface area contributed by atoms with E-state index in [1.54, 1.807) is 25.1 Å². The van der Waals surface area contributed by atoms with Crippen LogP contribution in [0.4, 0.5) is 11.4 Å². The van der Waals surface area contributed by atoms with E-state index in [0.717, 1.165) is 12.8 Å². The van der Waals surface area contributed by atoms with Crippen LogP contribution >= 0.6 is 0 Å². The molecule has 5 heteroatoms. The number of anilines is 2. The first kappa shape index (κ1) is 13.7. The minimum Gasteiger partial charge on any atom is -0.462 e. The van der Waals surface area contributed by atoms with Crippen LogP contribution in [0.2, 0.25) is 0 Å². The highest BCUT2D eigenvalue weighted by Crippen LogP contribution is 2.37. The maximum atomic E-state index is 12.0. The average Bonchev–Trinajstić information content (AvgIpc) is 3.21. The Morgan fingerprint density at radius 1 is 1.53 bits per heavy atom. The highest BCUT2D eigenvalue weighted by Gasteiger charge is 2.32. The Bertz CT molecular complexity index is 458. The molecule has 3 N–H and O–H groups in total. The zero-order valence-corrected chi connectivity index (χ0v) is 11.1. The first-order valence-corrected chi connectivity index (χ1v) is 6.62. The van der Waals surface area contributed by atoms with Crippen LogP contribution in [-0.4, -0.2) is 36.9 Å². The van der Waals surface area contributed by atoms with Gasteiger partial charge in [-0.25, -0.2) is 4.79 Å². The number of aliphatic hydroxyl groups is 1. The van der Waals surface area contributed by atoms with Crippen molar-refractivity contribution in [2.24, 2.45) is 0 Å². The maximum absolute atomic E-state index is 12.0. The molecule has 0 bridgehead atoms. The van der Waals surface area contributed by atoms with Crippen LogP contribution < -0.4 is 10.6 Å². The number of rotatable bonds is 6. The number of hydrogen-bond donors (Lipinski definition) is 2. The molecule has 1 aliphatic rings. The molecule has 0 heterocycles. The molecular formula is C14H20N2O3. The third-order valence-electron chi connectivity index (χ3n) is 3.18. The topological polar surface area (TPSA) is 75.8 Å². The number of para-hydroxylation sites is 1. The van der Waals surface area contributed by atoms with E-state index in [1.807, 2.05) is 4.90 Å². The number of esters is 1. The van der Waals surface area contributed by atoms with Gasteiger partial charge in [0.25, 0.3) is 0 Å². The molecule has 104 valence electrons. The van der Waals surface area contributed by atoms with Crippen molar-refractivity contribution in [3.8, 4) is 0 Å². The monoisotopic (exact) mass is 264 g/mol. The number of ether oxygens (including phenoxy) is 1. The molecule has 0 radical (unpaired) electrons. The van der Waals surface area contributed by atoms with Gasteiger partial charge in [-0.1, -0.05) is 6.07 Å². The Kier molecular flexibility index (Phi) is 4.27. The van der Waals surface area contributed by atoms with E-state index < -0.39 is 0 Å². The largest absolute Gasteiger partial charge is 0.462 e. The summed E-state index contributed by atoms with van der Waals surface area (Å²) >= 11 is 0. The fourth-order valence-corrected chi connectivity index (χ4v) is 2.23. The molecule has 1 fully saturated rings. The summed E-state index contributed by atoms with van der Waals surface area (Å²) in [5, 5.41) is 9.20. The zero-order valence-electron chi connectivity index (χ0n) is 11.1. The molecule has 0 atom stereocenters. The van der Waals surface area contributed by atoms with Crippen LogP contribution in [0, 0.1) is 0 Å². The van der Waals surface area contributed by atoms with E-state index in [0.29, 0.717) is 36.1 Å². The van der Waals surface area contributed by atoms with Gasteiger partial charge in [-0.3, -0.25) is 0 Å². The SMILES string of the molecule is CCOC(=O)c1cccc(N)c1N(CCO)C1CC1. The van der Waals surface area contributed by atoms with Gasteiger partial charge in [-0.05, 0) is 31.9 Å². The first-order valence-electron chi connectivity index (χ1n) is 6.62. The minimum absolute atomic E-state index is 0.0348. The molecule has 0 unspecified atom stereocenters. The summed E-state index contributed by atoms with van der Waals surface area (Å²) in [4.78, 5) is 14.0. The van der Waals surface area contributed by atoms with Gasteiger partial charge in [0, 0.05) is 12.6 Å². The van der Waals surface area contributed by atoms with E-state index in [4.69, 9.17) is 10.5 Å². The Labute approximate surface area is 113 Å². The number of nitrogens with zero attached hydrogens (tertiary/aromatic N) is 1. The van der Waals surface area contributed by atoms with Gasteiger partial charge in [0.15, 0.2) is 0 Å². The molecule has 1 saturated carbocycles. The molecule has 5 nitrogen and oxygen atoms in total. The number of carbonyl (C=O) groups excluding carboxylic acids is 1. The van der Waals surface area contributed by atoms with Crippen molar-refractivity contribution in [1.29, 1.82) is 0 Å². The minimum atomic E-state index is -0.367. The van der Waals surface area contributed by atoms with Gasteiger partial charge in [-0.2, -0.15) is 0 Å². The van der Waals surface area contributed by atoms with Gasteiger partial charge in [-0.15, -0.1) is 0 Å². The van der Waals surface area contributed by atoms with Crippen molar-refractivity contribution in [1.82, 2.24) is 0 Å². The second-order valence-electron chi connectivity index (χ2n) is 4.61. The number of benzene rings is 1. The first-order chi connectivity index (χ1) is 9.19. The van der Waals surface area contributed by atoms with E-state index >= 15 is 0 Å². The number of nitrogen functional groups attached to an aromatic ring is 1. The lowest BCUT2D eigenvalue weighted by molar-refractivity contribution is 0.0527. The number of aliphatic hydroxyl groups excluding tert-OH is 1. The van der Waals surface area contributed by atoms with E-state index in [1.165, 1.54) is 0 Å². The van der Waals surface area contributed by atoms with E-state index in [2.05, 4.69) is 0 Å². The van der Waals surface area contributed by atoms with Gasteiger partial charge >= 0.3 is 5.97 Å². The third-order valence-corrected chi connectivity index (χ3v) is 3.18. The highest BCUT2D eigenvalue weighted by atomic mass is 16.5. The predicted molar refractivity (Wildman–Crippen MR) is 74.3 cm³/mol. The maximum Gasteiger partial charge on any atom is 0.340 e. The Morgan fingerprint density at radius 3 is 2.84 bits per heavy atom. The van der Waals surface area contributed by atoms with Crippen molar-refractivity contribution in [3.63, 3.8) is 0 Å². The van der Waals surface area contributed by atoms with Crippen LogP contribution in [0.3, 0.4) is 0 Å². The van der Waals surface area contributed by atoms with E-state index in [9.17, 15) is 9.90 Å². The van der Waals surface area contributed by atoms with Crippen molar-refractivity contribution in [2.75, 3.05) is 30.4 Å². The summed E-state index contributed by atoms with van der Waals surface area (Å²) in [6, 6.07) is 5.60. The standard InChI is InChI=1S/C14H20N2O3/c1-2-19-14(18)11-4-3-5-12(15)13(11)16(8-9-17)10-6-7-10/h3-5,10,17H,2,6-9,15H2,1H3. The van der Waals surface area contributed by atoms with Crippen LogP contribution in [0.25, 0.3) is 0 Å². The third kappa shape index (κ3) is 2.98. The Hall–Kier alpha value is -1.75. The molecule has 1 aromatic rings. The second kappa shape index (κ2) is 5.93. The number of hydrogen-bond acceptors (Lipinski definition) is 5. The fraction of sp³-hybridized carbons (Fsp3) is 0.500. The molecule has 0 saturated heterocycles. The highest BCUT2D eigenvalue weighted by molar-refractivity contribution is 5.99. The summed E-state index contributed by atoms with van der Waals surface area (Å²) in [5.74, 6) is -0.367. The fourth-order valence-electron chi connectivity index (χ4n) is 2.23. The molecular weight excluding hydrogens is 244 g/mol. The quantitative estimate of drug-likeness (QED) is 0.600. The number of nitrogens with two attached hydrogens (primary N) is 1. The van der Waals surface area contributed by atoms with Gasteiger partial charge < -0.3 is 20.5 Å². The molecule has 1 aromatic carbocycles. The molecule has 0 aliphatic heterocycles. The Morgan fingerprint density at radius 2 is 2.26 bits per heavy atom. The normalized spacial score (nSPS) is 14.2. The predicted octanol–water partition coefficient (Wildman–Crippen LogP) is 1.41. The van der Waals surface area contributed by atoms with Crippen LogP contribution in [0.15, 0.2) is 18.2 Å². The smallest absolute Gasteiger partial charge is 0.340 e. The summed E-state index contributed by atoms with van der Waals surface area (Å²) in [6.45, 7) is 2.62. The zero-order chi connectivity index (χ0) is 13.8. The summed E-state index contributed by atoms with van der Waals surface area (Å²) in [7, 11) is 0. The van der Waals surface area contributed by atoms with Crippen molar-refractivity contribution >= 4 is 17.3 Å². The van der Waals surface area contributed by atoms with Crippen molar-refractivity contribution < 1.29 is 14.6 Å². The van der Waals surface area contributed by atoms with Gasteiger partial charge in [0.1, 0.15) is 0 Å². The van der Waals surface area contributed by atoms with Gasteiger partial charge in [0.05, 0.1) is 30.2 Å². The second-order valence-corrected chi connectivity index (χ2v) is 4.61. The summed E-state index contributed by atoms with van der Waals surface area (Å²) in [6.07, 6.45) is 2.13. The van der Waals surface area contributed by atoms with E-state index in [-0.39, 0.29) is 12.6 Å². The molecule has 1 aliphatic carbocycles. The molecule has 0 spiro atoms. The van der Waals surface area contributed by atoms with Crippen LogP contribution in [0.5, 0.6) is 0 Å². The van der Waals surface area contributed by atoms with Crippen molar-refractivity contribution in [3.05, 3.63) is 23.8 Å². The summed E-state index contributed by atoms with van der Waals surface area (Å²) < 4.78 is 5.07. The molecule has 19 heavy (non-hydrogen) atoms. The van der Waals surface area contributed by atoms with Gasteiger partial charge in [0.2, 0.25) is 0 Å².